The molecule has 2 atom stereocenters. The third-order valence-corrected chi connectivity index (χ3v) is 4.18. The van der Waals surface area contributed by atoms with Gasteiger partial charge < -0.3 is 4.74 Å². The van der Waals surface area contributed by atoms with E-state index in [0.29, 0.717) is 0 Å². The van der Waals surface area contributed by atoms with Gasteiger partial charge in [-0.05, 0) is 0 Å². The van der Waals surface area contributed by atoms with Crippen LogP contribution < -0.4 is 0 Å². The highest BCUT2D eigenvalue weighted by molar-refractivity contribution is 8.11. The average Bonchev–Trinajstić information content (AvgIpc) is 2.17. The highest BCUT2D eigenvalue weighted by atomic mass is 32.2. The van der Waals surface area contributed by atoms with Crippen molar-refractivity contribution in [3.8, 4) is 0 Å². The lowest BCUT2D eigenvalue weighted by atomic mass is 10.1. The summed E-state index contributed by atoms with van der Waals surface area (Å²) in [5.41, 5.74) is 0. The van der Waals surface area contributed by atoms with E-state index in [1.165, 1.54) is 0 Å². The molecule has 0 radical (unpaired) electrons. The number of hydrogen-bond donors (Lipinski definition) is 0. The second kappa shape index (κ2) is 2.41. The van der Waals surface area contributed by atoms with Crippen LogP contribution in [0.3, 0.4) is 0 Å². The summed E-state index contributed by atoms with van der Waals surface area (Å²) in [5.74, 6) is -9.02. The third-order valence-electron chi connectivity index (χ3n) is 2.14. The lowest BCUT2D eigenvalue weighted by Gasteiger charge is -2.13. The molecule has 14 heavy (non-hydrogen) atoms. The minimum absolute atomic E-state index is 0.808. The van der Waals surface area contributed by atoms with Gasteiger partial charge >= 0.3 is 22.4 Å². The number of halogens is 4. The number of cyclic esters (lactones) is 2. The van der Waals surface area contributed by atoms with E-state index in [2.05, 4.69) is 4.74 Å². The molecule has 8 heteroatoms. The summed E-state index contributed by atoms with van der Waals surface area (Å²) in [5, 5.41) is -5.99. The Balaban J connectivity index is 2.51. The minimum Gasteiger partial charge on any atom is -0.351 e. The zero-order valence-corrected chi connectivity index (χ0v) is 7.25. The maximum atomic E-state index is 12.9. The fourth-order valence-corrected chi connectivity index (χ4v) is 3.22. The summed E-state index contributed by atoms with van der Waals surface area (Å²) in [4.78, 5) is 21.4. The SMILES string of the molecule is O=C1OC(=O)[S+]2CC1C(F)(F)C2(F)F. The molecule has 0 aromatic carbocycles. The highest BCUT2D eigenvalue weighted by Gasteiger charge is 2.86. The molecule has 0 aliphatic carbocycles. The second-order valence-corrected chi connectivity index (χ2v) is 4.88. The van der Waals surface area contributed by atoms with Crippen LogP contribution in [0.1, 0.15) is 0 Å². The van der Waals surface area contributed by atoms with Crippen LogP contribution in [0.2, 0.25) is 0 Å². The number of fused-ring (bicyclic) bond motifs is 2. The molecule has 2 heterocycles. The molecule has 0 spiro atoms. The Kier molecular flexibility index (Phi) is 1.68. The van der Waals surface area contributed by atoms with Gasteiger partial charge in [0.1, 0.15) is 5.75 Å². The fraction of sp³-hybridized carbons (Fsp3) is 0.667. The van der Waals surface area contributed by atoms with Crippen molar-refractivity contribution < 1.29 is 31.9 Å². The van der Waals surface area contributed by atoms with E-state index in [9.17, 15) is 27.2 Å². The lowest BCUT2D eigenvalue weighted by Crippen LogP contribution is -2.43. The van der Waals surface area contributed by atoms with E-state index >= 15 is 0 Å². The lowest BCUT2D eigenvalue weighted by molar-refractivity contribution is -0.185. The summed E-state index contributed by atoms with van der Waals surface area (Å²) in [6.45, 7) is 0. The summed E-state index contributed by atoms with van der Waals surface area (Å²) in [7, 11) is -2.49. The molecule has 0 aromatic rings. The Morgan fingerprint density at radius 2 is 1.86 bits per heavy atom. The van der Waals surface area contributed by atoms with Gasteiger partial charge in [0.2, 0.25) is 0 Å². The van der Waals surface area contributed by atoms with Gasteiger partial charge in [-0.1, -0.05) is 0 Å². The molecule has 78 valence electrons. The van der Waals surface area contributed by atoms with Gasteiger partial charge in [0.05, 0.1) is 0 Å². The molecule has 2 rings (SSSR count). The molecule has 0 aromatic heterocycles. The van der Waals surface area contributed by atoms with Crippen molar-refractivity contribution >= 4 is 22.2 Å². The molecule has 0 N–H and O–H groups in total. The first kappa shape index (κ1) is 9.75. The molecule has 3 nitrogen and oxygen atoms in total. The molecule has 0 saturated carbocycles. The van der Waals surface area contributed by atoms with Gasteiger partial charge in [-0.2, -0.15) is 13.6 Å². The van der Waals surface area contributed by atoms with Crippen LogP contribution in [0.5, 0.6) is 0 Å². The van der Waals surface area contributed by atoms with E-state index in [0.717, 1.165) is 0 Å². The topological polar surface area (TPSA) is 43.4 Å². The van der Waals surface area contributed by atoms with Crippen molar-refractivity contribution in [3.05, 3.63) is 0 Å². The summed E-state index contributed by atoms with van der Waals surface area (Å²) in [6.07, 6.45) is 0. The maximum Gasteiger partial charge on any atom is 0.539 e. The van der Waals surface area contributed by atoms with E-state index in [-0.39, 0.29) is 0 Å². The molecule has 0 amide bonds. The van der Waals surface area contributed by atoms with Gasteiger partial charge in [0.15, 0.2) is 16.8 Å². The molecule has 2 bridgehead atoms. The predicted molar refractivity (Wildman–Crippen MR) is 37.1 cm³/mol. The van der Waals surface area contributed by atoms with Crippen LogP contribution in [0.15, 0.2) is 0 Å². The predicted octanol–water partition coefficient (Wildman–Crippen LogP) is 1.14. The maximum absolute atomic E-state index is 12.9. The summed E-state index contributed by atoms with van der Waals surface area (Å²) in [6, 6.07) is 0. The van der Waals surface area contributed by atoms with Crippen molar-refractivity contribution in [2.24, 2.45) is 5.92 Å². The number of ether oxygens (including phenoxy) is 1. The van der Waals surface area contributed by atoms with Crippen molar-refractivity contribution in [3.63, 3.8) is 0 Å². The van der Waals surface area contributed by atoms with Gasteiger partial charge in [-0.15, -0.1) is 8.78 Å². The number of esters is 1. The monoisotopic (exact) mass is 231 g/mol. The van der Waals surface area contributed by atoms with Gasteiger partial charge in [0, 0.05) is 0 Å². The van der Waals surface area contributed by atoms with Crippen LogP contribution in [-0.2, 0) is 20.4 Å². The second-order valence-electron chi connectivity index (χ2n) is 2.92. The Morgan fingerprint density at radius 1 is 1.29 bits per heavy atom. The summed E-state index contributed by atoms with van der Waals surface area (Å²) < 4.78 is 55.4. The highest BCUT2D eigenvalue weighted by Crippen LogP contribution is 2.54. The summed E-state index contributed by atoms with van der Waals surface area (Å²) >= 11 is 0. The van der Waals surface area contributed by atoms with Crippen LogP contribution in [0.4, 0.5) is 22.4 Å². The van der Waals surface area contributed by atoms with Gasteiger partial charge in [-0.25, -0.2) is 0 Å². The average molecular weight is 231 g/mol. The van der Waals surface area contributed by atoms with Crippen LogP contribution >= 0.6 is 0 Å². The van der Waals surface area contributed by atoms with Gasteiger partial charge in [-0.3, -0.25) is 4.79 Å². The first-order valence-corrected chi connectivity index (χ1v) is 4.90. The minimum atomic E-state index is -4.47. The quantitative estimate of drug-likeness (QED) is 0.272. The Labute approximate surface area is 77.7 Å². The van der Waals surface area contributed by atoms with Crippen molar-refractivity contribution in [1.82, 2.24) is 0 Å². The standard InChI is InChI=1S/C6H3F4O3S/c7-5(8)2-1-14(6(5,9)10)4(12)13-3(2)11/h2H,1H2/q+1. The normalized spacial score (nSPS) is 38.3. The Bertz CT molecular complexity index is 299. The van der Waals surface area contributed by atoms with Crippen molar-refractivity contribution in [2.45, 2.75) is 11.2 Å². The fourth-order valence-electron chi connectivity index (χ4n) is 1.34. The molecular formula is C6H3F4O3S+. The first-order chi connectivity index (χ1) is 6.28. The molecule has 2 unspecified atom stereocenters. The molecule has 2 fully saturated rings. The third kappa shape index (κ3) is 0.891. The zero-order valence-electron chi connectivity index (χ0n) is 6.43. The smallest absolute Gasteiger partial charge is 0.351 e. The molecule has 2 aliphatic rings. The largest absolute Gasteiger partial charge is 0.539 e. The number of carbonyl (C=O) groups is 2. The van der Waals surface area contributed by atoms with Crippen LogP contribution in [0, 0.1) is 5.92 Å². The Morgan fingerprint density at radius 3 is 2.43 bits per heavy atom. The van der Waals surface area contributed by atoms with E-state index in [4.69, 9.17) is 0 Å². The number of carbonyl (C=O) groups excluding carboxylic acids is 2. The van der Waals surface area contributed by atoms with E-state index in [1.54, 1.807) is 0 Å². The first-order valence-electron chi connectivity index (χ1n) is 3.50. The van der Waals surface area contributed by atoms with E-state index in [1.807, 2.05) is 0 Å². The zero-order chi connectivity index (χ0) is 10.7. The Hall–Kier alpha value is -0.790. The van der Waals surface area contributed by atoms with Crippen molar-refractivity contribution in [2.75, 3.05) is 5.75 Å². The molecular weight excluding hydrogens is 228 g/mol. The van der Waals surface area contributed by atoms with E-state index < -0.39 is 45.0 Å². The van der Waals surface area contributed by atoms with Gasteiger partial charge in [0.25, 0.3) is 0 Å². The number of alkyl halides is 4. The van der Waals surface area contributed by atoms with Crippen molar-refractivity contribution in [1.29, 1.82) is 0 Å². The van der Waals surface area contributed by atoms with Crippen LogP contribution in [-0.4, -0.2) is 28.2 Å². The number of hydrogen-bond acceptors (Lipinski definition) is 3. The number of rotatable bonds is 0. The molecule has 2 saturated heterocycles. The van der Waals surface area contributed by atoms with Crippen LogP contribution in [0.25, 0.3) is 0 Å². The molecule has 2 aliphatic heterocycles.